The molecule has 0 atom stereocenters. The van der Waals surface area contributed by atoms with Crippen LogP contribution in [0, 0.1) is 5.82 Å². The zero-order chi connectivity index (χ0) is 13.8. The first kappa shape index (κ1) is 14.9. The molecule has 0 saturated heterocycles. The van der Waals surface area contributed by atoms with E-state index in [2.05, 4.69) is 21.2 Å². The number of hydrogen-bond donors (Lipinski definition) is 1. The standard InChI is InChI=1S/C11H10BrF4NO/c12-8-6-7(2-3-9(8)13)10(18)17-5-1-4-11(14,15)16/h2-3,6H,1,4-5H2,(H,17,18). The van der Waals surface area contributed by atoms with Gasteiger partial charge in [0, 0.05) is 18.5 Å². The van der Waals surface area contributed by atoms with Crippen LogP contribution in [0.2, 0.25) is 0 Å². The molecule has 0 saturated carbocycles. The molecule has 0 aliphatic carbocycles. The van der Waals surface area contributed by atoms with Gasteiger partial charge in [-0.1, -0.05) is 0 Å². The van der Waals surface area contributed by atoms with Crippen LogP contribution in [0.25, 0.3) is 0 Å². The highest BCUT2D eigenvalue weighted by atomic mass is 79.9. The third kappa shape index (κ3) is 5.03. The summed E-state index contributed by atoms with van der Waals surface area (Å²) in [5.41, 5.74) is 0.190. The van der Waals surface area contributed by atoms with Crippen LogP contribution in [0.3, 0.4) is 0 Å². The van der Waals surface area contributed by atoms with Crippen molar-refractivity contribution in [3.63, 3.8) is 0 Å². The number of benzene rings is 1. The lowest BCUT2D eigenvalue weighted by atomic mass is 10.2. The summed E-state index contributed by atoms with van der Waals surface area (Å²) in [5, 5.41) is 2.34. The predicted molar refractivity (Wildman–Crippen MR) is 61.7 cm³/mol. The van der Waals surface area contributed by atoms with Crippen molar-refractivity contribution in [2.75, 3.05) is 6.54 Å². The van der Waals surface area contributed by atoms with Gasteiger partial charge in [0.05, 0.1) is 4.47 Å². The van der Waals surface area contributed by atoms with Crippen molar-refractivity contribution in [3.8, 4) is 0 Å². The molecule has 7 heteroatoms. The molecule has 0 spiro atoms. The maximum absolute atomic E-state index is 12.9. The topological polar surface area (TPSA) is 29.1 Å². The molecule has 0 unspecified atom stereocenters. The van der Waals surface area contributed by atoms with Gasteiger partial charge in [-0.2, -0.15) is 13.2 Å². The first-order valence-electron chi connectivity index (χ1n) is 5.09. The zero-order valence-electron chi connectivity index (χ0n) is 9.15. The van der Waals surface area contributed by atoms with Gasteiger partial charge in [-0.15, -0.1) is 0 Å². The summed E-state index contributed by atoms with van der Waals surface area (Å²) in [6.07, 6.45) is -5.35. The Kier molecular flexibility index (Phi) is 5.13. The van der Waals surface area contributed by atoms with Crippen LogP contribution in [-0.4, -0.2) is 18.6 Å². The van der Waals surface area contributed by atoms with Gasteiger partial charge in [0.2, 0.25) is 0 Å². The summed E-state index contributed by atoms with van der Waals surface area (Å²) in [7, 11) is 0. The van der Waals surface area contributed by atoms with Gasteiger partial charge in [0.1, 0.15) is 5.82 Å². The normalized spacial score (nSPS) is 11.4. The van der Waals surface area contributed by atoms with E-state index in [9.17, 15) is 22.4 Å². The first-order valence-corrected chi connectivity index (χ1v) is 5.89. The van der Waals surface area contributed by atoms with Crippen molar-refractivity contribution in [2.45, 2.75) is 19.0 Å². The SMILES string of the molecule is O=C(NCCCC(F)(F)F)c1ccc(F)c(Br)c1. The average molecular weight is 328 g/mol. The van der Waals surface area contributed by atoms with Crippen molar-refractivity contribution in [3.05, 3.63) is 34.1 Å². The van der Waals surface area contributed by atoms with Crippen LogP contribution in [0.15, 0.2) is 22.7 Å². The Morgan fingerprint density at radius 2 is 2.00 bits per heavy atom. The number of rotatable bonds is 4. The molecule has 0 aromatic heterocycles. The Balaban J connectivity index is 2.43. The van der Waals surface area contributed by atoms with Gasteiger partial charge >= 0.3 is 6.18 Å². The minimum atomic E-state index is -4.22. The van der Waals surface area contributed by atoms with Crippen LogP contribution >= 0.6 is 15.9 Å². The number of carbonyl (C=O) groups excluding carboxylic acids is 1. The molecule has 0 aliphatic heterocycles. The number of hydrogen-bond acceptors (Lipinski definition) is 1. The van der Waals surface area contributed by atoms with E-state index < -0.39 is 24.3 Å². The molecule has 100 valence electrons. The van der Waals surface area contributed by atoms with Gasteiger partial charge in [-0.3, -0.25) is 4.79 Å². The van der Waals surface area contributed by atoms with E-state index in [1.807, 2.05) is 0 Å². The summed E-state index contributed by atoms with van der Waals surface area (Å²) in [6.45, 7) is -0.0761. The summed E-state index contributed by atoms with van der Waals surface area (Å²) in [6, 6.07) is 3.64. The molecule has 0 heterocycles. The highest BCUT2D eigenvalue weighted by Crippen LogP contribution is 2.21. The summed E-state index contributed by atoms with van der Waals surface area (Å²) in [5.74, 6) is -1.04. The monoisotopic (exact) mass is 327 g/mol. The Morgan fingerprint density at radius 1 is 1.33 bits per heavy atom. The number of amides is 1. The molecule has 1 rings (SSSR count). The maximum atomic E-state index is 12.9. The lowest BCUT2D eigenvalue weighted by Gasteiger charge is -2.07. The largest absolute Gasteiger partial charge is 0.389 e. The minimum Gasteiger partial charge on any atom is -0.352 e. The molecule has 0 fully saturated rings. The van der Waals surface area contributed by atoms with E-state index in [1.165, 1.54) is 12.1 Å². The minimum absolute atomic E-state index is 0.0761. The molecular weight excluding hydrogens is 318 g/mol. The Bertz CT molecular complexity index is 434. The second-order valence-corrected chi connectivity index (χ2v) is 4.46. The van der Waals surface area contributed by atoms with Crippen LogP contribution < -0.4 is 5.32 Å². The lowest BCUT2D eigenvalue weighted by molar-refractivity contribution is -0.135. The van der Waals surface area contributed by atoms with Gasteiger partial charge in [0.25, 0.3) is 5.91 Å². The van der Waals surface area contributed by atoms with E-state index in [1.54, 1.807) is 0 Å². The van der Waals surface area contributed by atoms with Crippen molar-refractivity contribution < 1.29 is 22.4 Å². The highest BCUT2D eigenvalue weighted by molar-refractivity contribution is 9.10. The second-order valence-electron chi connectivity index (χ2n) is 3.60. The number of carbonyl (C=O) groups is 1. The third-order valence-electron chi connectivity index (χ3n) is 2.10. The first-order chi connectivity index (χ1) is 8.29. The lowest BCUT2D eigenvalue weighted by Crippen LogP contribution is -2.25. The molecular formula is C11H10BrF4NO. The van der Waals surface area contributed by atoms with E-state index in [0.29, 0.717) is 0 Å². The fourth-order valence-electron chi connectivity index (χ4n) is 1.23. The fraction of sp³-hybridized carbons (Fsp3) is 0.364. The molecule has 2 nitrogen and oxygen atoms in total. The van der Waals surface area contributed by atoms with Gasteiger partial charge in [0.15, 0.2) is 0 Å². The Hall–Kier alpha value is -1.11. The molecule has 0 aliphatic rings. The second kappa shape index (κ2) is 6.17. The van der Waals surface area contributed by atoms with Gasteiger partial charge in [-0.05, 0) is 40.5 Å². The smallest absolute Gasteiger partial charge is 0.352 e. The van der Waals surface area contributed by atoms with Crippen molar-refractivity contribution in [2.24, 2.45) is 0 Å². The number of alkyl halides is 3. The quantitative estimate of drug-likeness (QED) is 0.663. The van der Waals surface area contributed by atoms with Crippen molar-refractivity contribution >= 4 is 21.8 Å². The number of nitrogens with one attached hydrogen (secondary N) is 1. The maximum Gasteiger partial charge on any atom is 0.389 e. The zero-order valence-corrected chi connectivity index (χ0v) is 10.7. The molecule has 18 heavy (non-hydrogen) atoms. The van der Waals surface area contributed by atoms with E-state index in [-0.39, 0.29) is 23.0 Å². The summed E-state index contributed by atoms with van der Waals surface area (Å²) >= 11 is 2.92. The van der Waals surface area contributed by atoms with E-state index in [4.69, 9.17) is 0 Å². The van der Waals surface area contributed by atoms with E-state index >= 15 is 0 Å². The molecule has 1 amide bonds. The Morgan fingerprint density at radius 3 is 2.56 bits per heavy atom. The van der Waals surface area contributed by atoms with E-state index in [0.717, 1.165) is 6.07 Å². The molecule has 1 aromatic rings. The van der Waals surface area contributed by atoms with Gasteiger partial charge in [-0.25, -0.2) is 4.39 Å². The Labute approximate surface area is 109 Å². The van der Waals surface area contributed by atoms with Crippen LogP contribution in [0.4, 0.5) is 17.6 Å². The summed E-state index contributed by atoms with van der Waals surface area (Å²) < 4.78 is 48.5. The molecule has 0 bridgehead atoms. The highest BCUT2D eigenvalue weighted by Gasteiger charge is 2.26. The van der Waals surface area contributed by atoms with Crippen LogP contribution in [-0.2, 0) is 0 Å². The molecule has 1 N–H and O–H groups in total. The van der Waals surface area contributed by atoms with Crippen molar-refractivity contribution in [1.82, 2.24) is 5.32 Å². The average Bonchev–Trinajstić information content (AvgIpc) is 2.26. The van der Waals surface area contributed by atoms with Gasteiger partial charge < -0.3 is 5.32 Å². The van der Waals surface area contributed by atoms with Crippen LogP contribution in [0.5, 0.6) is 0 Å². The van der Waals surface area contributed by atoms with Crippen molar-refractivity contribution in [1.29, 1.82) is 0 Å². The summed E-state index contributed by atoms with van der Waals surface area (Å²) in [4.78, 5) is 11.5. The third-order valence-corrected chi connectivity index (χ3v) is 2.71. The fourth-order valence-corrected chi connectivity index (χ4v) is 1.61. The number of halogens is 5. The predicted octanol–water partition coefficient (Wildman–Crippen LogP) is 3.66. The molecule has 0 radical (unpaired) electrons. The van der Waals surface area contributed by atoms with Crippen LogP contribution in [0.1, 0.15) is 23.2 Å². The molecule has 1 aromatic carbocycles.